The summed E-state index contributed by atoms with van der Waals surface area (Å²) in [6.07, 6.45) is 1.21. The Morgan fingerprint density at radius 3 is 3.00 bits per heavy atom. The number of nitrogens with one attached hydrogen (secondary N) is 1. The van der Waals surface area contributed by atoms with Crippen molar-refractivity contribution in [3.8, 4) is 11.7 Å². The van der Waals surface area contributed by atoms with Crippen molar-refractivity contribution in [2.45, 2.75) is 0 Å². The lowest BCUT2D eigenvalue weighted by Gasteiger charge is -1.77. The fourth-order valence-electron chi connectivity index (χ4n) is 0.526. The van der Waals surface area contributed by atoms with Crippen molar-refractivity contribution in [1.29, 1.82) is 0 Å². The summed E-state index contributed by atoms with van der Waals surface area (Å²) in [5.74, 6) is 0.655. The Labute approximate surface area is 54.5 Å². The van der Waals surface area contributed by atoms with Gasteiger partial charge in [-0.15, -0.1) is 15.3 Å². The van der Waals surface area contributed by atoms with Crippen molar-refractivity contribution in [1.82, 2.24) is 30.8 Å². The lowest BCUT2D eigenvalue weighted by molar-refractivity contribution is 0.564. The number of hydrogen-bond acceptors (Lipinski definition) is 6. The molecule has 50 valence electrons. The van der Waals surface area contributed by atoms with E-state index in [1.165, 1.54) is 6.39 Å². The van der Waals surface area contributed by atoms with Gasteiger partial charge in [0.05, 0.1) is 0 Å². The average molecular weight is 138 g/mol. The first kappa shape index (κ1) is 5.03. The Morgan fingerprint density at radius 2 is 2.40 bits per heavy atom. The summed E-state index contributed by atoms with van der Waals surface area (Å²) >= 11 is 0. The van der Waals surface area contributed by atoms with Gasteiger partial charge in [-0.25, -0.2) is 5.10 Å². The van der Waals surface area contributed by atoms with Gasteiger partial charge in [-0.2, -0.15) is 0 Å². The van der Waals surface area contributed by atoms with Gasteiger partial charge >= 0.3 is 0 Å². The lowest BCUT2D eigenvalue weighted by Crippen LogP contribution is -1.79. The minimum atomic E-state index is 0.282. The molecule has 0 amide bonds. The third-order valence-corrected chi connectivity index (χ3v) is 0.908. The molecular weight excluding hydrogens is 136 g/mol. The Morgan fingerprint density at radius 1 is 1.40 bits per heavy atom. The number of tetrazole rings is 1. The van der Waals surface area contributed by atoms with Crippen LogP contribution in [0.4, 0.5) is 0 Å². The monoisotopic (exact) mass is 138 g/mol. The van der Waals surface area contributed by atoms with Gasteiger partial charge < -0.3 is 4.42 Å². The van der Waals surface area contributed by atoms with Crippen LogP contribution in [0.1, 0.15) is 0 Å². The van der Waals surface area contributed by atoms with Gasteiger partial charge in [0.2, 0.25) is 12.2 Å². The summed E-state index contributed by atoms with van der Waals surface area (Å²) in [6, 6.07) is 0. The largest absolute Gasteiger partial charge is 0.421 e. The summed E-state index contributed by atoms with van der Waals surface area (Å²) < 4.78 is 4.78. The number of H-pyrrole nitrogens is 1. The predicted molar refractivity (Wildman–Crippen MR) is 27.5 cm³/mol. The second-order valence-corrected chi connectivity index (χ2v) is 1.49. The van der Waals surface area contributed by atoms with Crippen LogP contribution in [0.3, 0.4) is 0 Å². The highest BCUT2D eigenvalue weighted by Gasteiger charge is 2.05. The molecule has 1 N–H and O–H groups in total. The SMILES string of the molecule is c1nnc(-c2nnn[nH]2)o1. The average Bonchev–Trinajstić information content (AvgIpc) is 2.59. The zero-order valence-corrected chi connectivity index (χ0v) is 4.72. The molecule has 0 radical (unpaired) electrons. The van der Waals surface area contributed by atoms with Crippen LogP contribution in [0.2, 0.25) is 0 Å². The van der Waals surface area contributed by atoms with E-state index >= 15 is 0 Å². The van der Waals surface area contributed by atoms with Crippen molar-refractivity contribution in [2.75, 3.05) is 0 Å². The van der Waals surface area contributed by atoms with E-state index < -0.39 is 0 Å². The van der Waals surface area contributed by atoms with Gasteiger partial charge in [-0.3, -0.25) is 0 Å². The van der Waals surface area contributed by atoms with Gasteiger partial charge in [-0.1, -0.05) is 0 Å². The minimum absolute atomic E-state index is 0.282. The Kier molecular flexibility index (Phi) is 0.938. The highest BCUT2D eigenvalue weighted by Crippen LogP contribution is 2.05. The molecule has 2 aromatic rings. The van der Waals surface area contributed by atoms with E-state index in [9.17, 15) is 0 Å². The fourth-order valence-corrected chi connectivity index (χ4v) is 0.526. The van der Waals surface area contributed by atoms with Gasteiger partial charge in [0, 0.05) is 0 Å². The second kappa shape index (κ2) is 1.87. The van der Waals surface area contributed by atoms with Crippen LogP contribution in [-0.4, -0.2) is 30.8 Å². The molecule has 2 rings (SSSR count). The number of hydrogen-bond donors (Lipinski definition) is 1. The van der Waals surface area contributed by atoms with E-state index in [4.69, 9.17) is 4.42 Å². The van der Waals surface area contributed by atoms with Crippen molar-refractivity contribution in [3.05, 3.63) is 6.39 Å². The molecule has 0 bridgehead atoms. The van der Waals surface area contributed by atoms with Crippen molar-refractivity contribution < 1.29 is 4.42 Å². The van der Waals surface area contributed by atoms with Gasteiger partial charge in [0.1, 0.15) is 0 Å². The fraction of sp³-hybridized carbons (Fsp3) is 0. The van der Waals surface area contributed by atoms with E-state index in [1.807, 2.05) is 0 Å². The molecule has 7 heteroatoms. The van der Waals surface area contributed by atoms with Crippen molar-refractivity contribution >= 4 is 0 Å². The van der Waals surface area contributed by atoms with E-state index in [-0.39, 0.29) is 5.89 Å². The number of aromatic amines is 1. The number of nitrogens with zero attached hydrogens (tertiary/aromatic N) is 5. The van der Waals surface area contributed by atoms with E-state index in [0.717, 1.165) is 0 Å². The molecule has 0 saturated heterocycles. The molecule has 2 aromatic heterocycles. The zero-order valence-electron chi connectivity index (χ0n) is 4.72. The zero-order chi connectivity index (χ0) is 6.81. The molecule has 0 aliphatic heterocycles. The minimum Gasteiger partial charge on any atom is -0.421 e. The maximum absolute atomic E-state index is 4.78. The maximum atomic E-state index is 4.78. The Balaban J connectivity index is 2.48. The highest BCUT2D eigenvalue weighted by atomic mass is 16.4. The quantitative estimate of drug-likeness (QED) is 0.557. The Hall–Kier alpha value is -1.79. The van der Waals surface area contributed by atoms with E-state index in [1.54, 1.807) is 0 Å². The van der Waals surface area contributed by atoms with Crippen LogP contribution in [0.25, 0.3) is 11.7 Å². The molecule has 0 aliphatic rings. The lowest BCUT2D eigenvalue weighted by atomic mass is 10.6. The van der Waals surface area contributed by atoms with Gasteiger partial charge in [-0.05, 0) is 10.4 Å². The Bertz CT molecular complexity index is 252. The van der Waals surface area contributed by atoms with Crippen molar-refractivity contribution in [3.63, 3.8) is 0 Å². The highest BCUT2D eigenvalue weighted by molar-refractivity contribution is 5.35. The molecule has 10 heavy (non-hydrogen) atoms. The van der Waals surface area contributed by atoms with Crippen molar-refractivity contribution in [2.24, 2.45) is 0 Å². The van der Waals surface area contributed by atoms with Crippen LogP contribution in [0.5, 0.6) is 0 Å². The standard InChI is InChI=1S/C3H2N6O/c1-4-7-3(10-1)2-5-8-9-6-2/h1H,(H,5,6,8,9). The second-order valence-electron chi connectivity index (χ2n) is 1.49. The first-order valence-corrected chi connectivity index (χ1v) is 2.47. The first-order valence-electron chi connectivity index (χ1n) is 2.47. The number of aromatic nitrogens is 6. The first-order chi connectivity index (χ1) is 4.97. The molecule has 7 nitrogen and oxygen atoms in total. The summed E-state index contributed by atoms with van der Waals surface area (Å²) in [4.78, 5) is 0. The van der Waals surface area contributed by atoms with Crippen LogP contribution in [0, 0.1) is 0 Å². The molecule has 0 unspecified atom stereocenters. The van der Waals surface area contributed by atoms with Gasteiger partial charge in [0.25, 0.3) is 5.89 Å². The van der Waals surface area contributed by atoms with Crippen LogP contribution >= 0.6 is 0 Å². The molecule has 0 aromatic carbocycles. The maximum Gasteiger partial charge on any atom is 0.287 e. The molecular formula is C3H2N6O. The van der Waals surface area contributed by atoms with Crippen LogP contribution in [0.15, 0.2) is 10.8 Å². The van der Waals surface area contributed by atoms with E-state index in [2.05, 4.69) is 30.8 Å². The van der Waals surface area contributed by atoms with Crippen LogP contribution < -0.4 is 0 Å². The summed E-state index contributed by atoms with van der Waals surface area (Å²) in [5, 5.41) is 19.7. The normalized spacial score (nSPS) is 10.0. The molecule has 0 saturated carbocycles. The number of rotatable bonds is 1. The van der Waals surface area contributed by atoms with Crippen LogP contribution in [-0.2, 0) is 0 Å². The molecule has 0 atom stereocenters. The van der Waals surface area contributed by atoms with E-state index in [0.29, 0.717) is 5.82 Å². The van der Waals surface area contributed by atoms with Gasteiger partial charge in [0.15, 0.2) is 0 Å². The summed E-state index contributed by atoms with van der Waals surface area (Å²) in [6.45, 7) is 0. The smallest absolute Gasteiger partial charge is 0.287 e. The molecule has 0 fully saturated rings. The third kappa shape index (κ3) is 0.642. The topological polar surface area (TPSA) is 93.4 Å². The molecule has 0 aliphatic carbocycles. The summed E-state index contributed by atoms with van der Waals surface area (Å²) in [5.41, 5.74) is 0. The predicted octanol–water partition coefficient (Wildman–Crippen LogP) is -0.750. The summed E-state index contributed by atoms with van der Waals surface area (Å²) in [7, 11) is 0. The third-order valence-electron chi connectivity index (χ3n) is 0.908. The molecule has 2 heterocycles. The molecule has 0 spiro atoms.